The van der Waals surface area contributed by atoms with Gasteiger partial charge in [0.15, 0.2) is 0 Å². The largest absolute Gasteiger partial charge is 0.377 e. The zero-order chi connectivity index (χ0) is 11.5. The molecule has 1 atom stereocenters. The van der Waals surface area contributed by atoms with Gasteiger partial charge in [-0.1, -0.05) is 0 Å². The third-order valence-corrected chi connectivity index (χ3v) is 4.25. The number of hydrogen-bond acceptors (Lipinski definition) is 4. The first kappa shape index (κ1) is 12.0. The molecule has 0 bridgehead atoms. The fourth-order valence-electron chi connectivity index (χ4n) is 2.04. The third-order valence-electron chi connectivity index (χ3n) is 2.92. The second kappa shape index (κ2) is 5.21. The van der Waals surface area contributed by atoms with Crippen molar-refractivity contribution in [2.24, 2.45) is 12.8 Å². The second-order valence-electron chi connectivity index (χ2n) is 4.14. The van der Waals surface area contributed by atoms with Crippen LogP contribution in [0.5, 0.6) is 0 Å². The normalized spacial score (nSPS) is 20.6. The summed E-state index contributed by atoms with van der Waals surface area (Å²) in [7, 11) is 1.98. The van der Waals surface area contributed by atoms with Gasteiger partial charge in [0, 0.05) is 31.5 Å². The highest BCUT2D eigenvalue weighted by Gasteiger charge is 2.18. The number of rotatable bonds is 4. The first-order valence-electron chi connectivity index (χ1n) is 5.69. The molecule has 4 nitrogen and oxygen atoms in total. The molecule has 0 aliphatic carbocycles. The van der Waals surface area contributed by atoms with Crippen molar-refractivity contribution in [3.05, 3.63) is 11.3 Å². The molecule has 1 aromatic rings. The van der Waals surface area contributed by atoms with Crippen molar-refractivity contribution in [3.8, 4) is 0 Å². The Hall–Kier alpha value is -0.520. The number of aryl methyl sites for hydroxylation is 2. The van der Waals surface area contributed by atoms with Crippen molar-refractivity contribution in [2.45, 2.75) is 37.4 Å². The van der Waals surface area contributed by atoms with Crippen LogP contribution in [0.4, 0.5) is 0 Å². The lowest BCUT2D eigenvalue weighted by Gasteiger charge is -2.09. The summed E-state index contributed by atoms with van der Waals surface area (Å²) >= 11 is 1.81. The van der Waals surface area contributed by atoms with Gasteiger partial charge in [-0.3, -0.25) is 4.68 Å². The number of nitrogens with zero attached hydrogens (tertiary/aromatic N) is 2. The van der Waals surface area contributed by atoms with E-state index in [-0.39, 0.29) is 0 Å². The lowest BCUT2D eigenvalue weighted by molar-refractivity contribution is 0.129. The van der Waals surface area contributed by atoms with Crippen molar-refractivity contribution in [1.82, 2.24) is 9.78 Å². The Labute approximate surface area is 101 Å². The molecule has 1 aromatic heterocycles. The molecule has 1 unspecified atom stereocenters. The minimum atomic E-state index is 0.408. The Morgan fingerprint density at radius 2 is 2.44 bits per heavy atom. The van der Waals surface area contributed by atoms with E-state index < -0.39 is 0 Å². The molecule has 0 radical (unpaired) electrons. The van der Waals surface area contributed by atoms with Crippen molar-refractivity contribution in [1.29, 1.82) is 0 Å². The van der Waals surface area contributed by atoms with Gasteiger partial charge in [-0.15, -0.1) is 11.8 Å². The number of nitrogens with two attached hydrogens (primary N) is 1. The molecule has 5 heteroatoms. The van der Waals surface area contributed by atoms with Crippen molar-refractivity contribution in [3.63, 3.8) is 0 Å². The van der Waals surface area contributed by atoms with E-state index in [1.165, 1.54) is 23.4 Å². The van der Waals surface area contributed by atoms with Crippen molar-refractivity contribution >= 4 is 11.8 Å². The van der Waals surface area contributed by atoms with E-state index in [9.17, 15) is 0 Å². The fraction of sp³-hybridized carbons (Fsp3) is 0.727. The van der Waals surface area contributed by atoms with Gasteiger partial charge >= 0.3 is 0 Å². The van der Waals surface area contributed by atoms with E-state index in [2.05, 4.69) is 5.10 Å². The van der Waals surface area contributed by atoms with Crippen LogP contribution >= 0.6 is 11.8 Å². The standard InChI is InChI=1S/C11H19N3OS/c1-8-10(6-12)11(14(2)13-8)16-7-9-4-3-5-15-9/h9H,3-7,12H2,1-2H3. The topological polar surface area (TPSA) is 53.1 Å². The summed E-state index contributed by atoms with van der Waals surface area (Å²) in [6.45, 7) is 3.49. The molecular formula is C11H19N3OS. The van der Waals surface area contributed by atoms with Crippen LogP contribution in [0.1, 0.15) is 24.1 Å². The highest BCUT2D eigenvalue weighted by atomic mass is 32.2. The molecule has 2 heterocycles. The van der Waals surface area contributed by atoms with Gasteiger partial charge in [-0.2, -0.15) is 5.10 Å². The highest BCUT2D eigenvalue weighted by molar-refractivity contribution is 7.99. The summed E-state index contributed by atoms with van der Waals surface area (Å²) in [5, 5.41) is 5.59. The Morgan fingerprint density at radius 1 is 1.62 bits per heavy atom. The zero-order valence-electron chi connectivity index (χ0n) is 9.90. The second-order valence-corrected chi connectivity index (χ2v) is 5.15. The van der Waals surface area contributed by atoms with Crippen LogP contribution in [0, 0.1) is 6.92 Å². The maximum atomic E-state index is 5.75. The van der Waals surface area contributed by atoms with Crippen molar-refractivity contribution in [2.75, 3.05) is 12.4 Å². The van der Waals surface area contributed by atoms with E-state index in [1.54, 1.807) is 0 Å². The minimum absolute atomic E-state index is 0.408. The molecule has 0 spiro atoms. The van der Waals surface area contributed by atoms with E-state index in [0.29, 0.717) is 12.6 Å². The first-order chi connectivity index (χ1) is 7.72. The molecule has 1 aliphatic heterocycles. The van der Waals surface area contributed by atoms with Crippen LogP contribution in [0.25, 0.3) is 0 Å². The van der Waals surface area contributed by atoms with Crippen LogP contribution in [-0.4, -0.2) is 28.2 Å². The predicted octanol–water partition coefficient (Wildman–Crippen LogP) is 1.46. The maximum absolute atomic E-state index is 5.75. The van der Waals surface area contributed by atoms with Crippen LogP contribution in [0.2, 0.25) is 0 Å². The molecular weight excluding hydrogens is 222 g/mol. The molecule has 0 aromatic carbocycles. The van der Waals surface area contributed by atoms with Gasteiger partial charge in [0.25, 0.3) is 0 Å². The van der Waals surface area contributed by atoms with E-state index in [0.717, 1.165) is 18.1 Å². The molecule has 1 aliphatic rings. The Kier molecular flexibility index (Phi) is 3.89. The number of aromatic nitrogens is 2. The lowest BCUT2D eigenvalue weighted by atomic mass is 10.3. The Balaban J connectivity index is 2.02. The fourth-order valence-corrected chi connectivity index (χ4v) is 3.28. The third kappa shape index (κ3) is 2.42. The molecule has 1 saturated heterocycles. The van der Waals surface area contributed by atoms with Gasteiger partial charge in [0.1, 0.15) is 0 Å². The summed E-state index contributed by atoms with van der Waals surface area (Å²) in [5.41, 5.74) is 7.96. The molecule has 2 rings (SSSR count). The summed E-state index contributed by atoms with van der Waals surface area (Å²) < 4.78 is 7.54. The number of thioether (sulfide) groups is 1. The highest BCUT2D eigenvalue weighted by Crippen LogP contribution is 2.27. The van der Waals surface area contributed by atoms with Gasteiger partial charge in [-0.05, 0) is 19.8 Å². The van der Waals surface area contributed by atoms with E-state index in [4.69, 9.17) is 10.5 Å². The van der Waals surface area contributed by atoms with E-state index in [1.807, 2.05) is 30.4 Å². The van der Waals surface area contributed by atoms with Gasteiger partial charge < -0.3 is 10.5 Å². The molecule has 2 N–H and O–H groups in total. The molecule has 0 saturated carbocycles. The Morgan fingerprint density at radius 3 is 3.06 bits per heavy atom. The van der Waals surface area contributed by atoms with Gasteiger partial charge in [0.05, 0.1) is 16.8 Å². The SMILES string of the molecule is Cc1nn(C)c(SCC2CCCO2)c1CN. The lowest BCUT2D eigenvalue weighted by Crippen LogP contribution is -2.09. The monoisotopic (exact) mass is 241 g/mol. The first-order valence-corrected chi connectivity index (χ1v) is 6.68. The van der Waals surface area contributed by atoms with Gasteiger partial charge in [0.2, 0.25) is 0 Å². The number of ether oxygens (including phenoxy) is 1. The van der Waals surface area contributed by atoms with Gasteiger partial charge in [-0.25, -0.2) is 0 Å². The predicted molar refractivity (Wildman–Crippen MR) is 65.5 cm³/mol. The minimum Gasteiger partial charge on any atom is -0.377 e. The van der Waals surface area contributed by atoms with Crippen LogP contribution < -0.4 is 5.73 Å². The Bertz CT molecular complexity index is 358. The van der Waals surface area contributed by atoms with Crippen LogP contribution in [-0.2, 0) is 18.3 Å². The summed E-state index contributed by atoms with van der Waals surface area (Å²) in [4.78, 5) is 0. The molecule has 90 valence electrons. The molecule has 1 fully saturated rings. The summed E-state index contributed by atoms with van der Waals surface area (Å²) in [5.74, 6) is 1.01. The number of hydrogen-bond donors (Lipinski definition) is 1. The summed E-state index contributed by atoms with van der Waals surface area (Å²) in [6, 6.07) is 0. The average molecular weight is 241 g/mol. The maximum Gasteiger partial charge on any atom is 0.0985 e. The van der Waals surface area contributed by atoms with Crippen LogP contribution in [0.3, 0.4) is 0 Å². The average Bonchev–Trinajstić information content (AvgIpc) is 2.83. The van der Waals surface area contributed by atoms with Crippen molar-refractivity contribution < 1.29 is 4.74 Å². The van der Waals surface area contributed by atoms with E-state index >= 15 is 0 Å². The molecule has 16 heavy (non-hydrogen) atoms. The zero-order valence-corrected chi connectivity index (χ0v) is 10.7. The smallest absolute Gasteiger partial charge is 0.0985 e. The molecule has 0 amide bonds. The van der Waals surface area contributed by atoms with Crippen LogP contribution in [0.15, 0.2) is 5.03 Å². The quantitative estimate of drug-likeness (QED) is 0.811. The summed E-state index contributed by atoms with van der Waals surface area (Å²) in [6.07, 6.45) is 2.78.